The Balaban J connectivity index is 2.99. The zero-order valence-electron chi connectivity index (χ0n) is 10.1. The Kier molecular flexibility index (Phi) is 2.90. The van der Waals surface area contributed by atoms with Crippen LogP contribution in [0.5, 0.6) is 0 Å². The molecule has 0 aromatic carbocycles. The monoisotopic (exact) mass is 269 g/mol. The lowest BCUT2D eigenvalue weighted by Crippen LogP contribution is -2.30. The van der Waals surface area contributed by atoms with Gasteiger partial charge in [0, 0.05) is 12.4 Å². The topological polar surface area (TPSA) is 77.1 Å². The Labute approximate surface area is 107 Å². The van der Waals surface area contributed by atoms with E-state index in [2.05, 4.69) is 5.10 Å². The van der Waals surface area contributed by atoms with Gasteiger partial charge in [-0.2, -0.15) is 5.10 Å². The smallest absolute Gasteiger partial charge is 0.326 e. The maximum absolute atomic E-state index is 12.1. The minimum absolute atomic E-state index is 0.0311. The molecule has 2 rings (SSSR count). The van der Waals surface area contributed by atoms with Gasteiger partial charge in [-0.15, -0.1) is 0 Å². The first kappa shape index (κ1) is 12.6. The number of nitrogens with zero attached hydrogens (tertiary/aromatic N) is 3. The van der Waals surface area contributed by atoms with E-state index in [0.717, 1.165) is 4.57 Å². The molecule has 0 spiro atoms. The van der Waals surface area contributed by atoms with Crippen molar-refractivity contribution in [2.75, 3.05) is 0 Å². The molecule has 0 aliphatic rings. The van der Waals surface area contributed by atoms with E-state index in [-0.39, 0.29) is 5.02 Å². The van der Waals surface area contributed by atoms with Gasteiger partial charge in [-0.1, -0.05) is 11.6 Å². The molecule has 2 aromatic heterocycles. The van der Waals surface area contributed by atoms with Crippen molar-refractivity contribution >= 4 is 28.6 Å². The van der Waals surface area contributed by atoms with Crippen LogP contribution in [0.2, 0.25) is 5.02 Å². The summed E-state index contributed by atoms with van der Waals surface area (Å²) < 4.78 is 2.62. The molecule has 1 atom stereocenters. The highest BCUT2D eigenvalue weighted by atomic mass is 35.5. The standard InChI is InChI=1S/C11H12ClN3O3/c1-5-7-4-13-14(3)9(7)15(6(2)11(17)18)10(16)8(5)12/h4,6H,1-3H3,(H,17,18). The minimum atomic E-state index is -1.10. The van der Waals surface area contributed by atoms with Crippen molar-refractivity contribution in [2.24, 2.45) is 7.05 Å². The second-order valence-corrected chi connectivity index (χ2v) is 4.51. The van der Waals surface area contributed by atoms with Crippen molar-refractivity contribution in [3.8, 4) is 0 Å². The summed E-state index contributed by atoms with van der Waals surface area (Å²) in [5, 5.41) is 13.8. The summed E-state index contributed by atoms with van der Waals surface area (Å²) >= 11 is 5.96. The molecule has 6 nitrogen and oxygen atoms in total. The summed E-state index contributed by atoms with van der Waals surface area (Å²) in [6.45, 7) is 3.14. The van der Waals surface area contributed by atoms with E-state index >= 15 is 0 Å². The SMILES string of the molecule is Cc1c(Cl)c(=O)n(C(C)C(=O)O)c2c1cnn2C. The molecule has 0 bridgehead atoms. The molecular weight excluding hydrogens is 258 g/mol. The highest BCUT2D eigenvalue weighted by Gasteiger charge is 2.23. The number of carboxylic acid groups (broad SMARTS) is 1. The Morgan fingerprint density at radius 2 is 2.17 bits per heavy atom. The highest BCUT2D eigenvalue weighted by molar-refractivity contribution is 6.32. The summed E-state index contributed by atoms with van der Waals surface area (Å²) in [6, 6.07) is -1.01. The van der Waals surface area contributed by atoms with Crippen LogP contribution in [-0.4, -0.2) is 25.4 Å². The quantitative estimate of drug-likeness (QED) is 0.893. The van der Waals surface area contributed by atoms with Crippen molar-refractivity contribution in [1.82, 2.24) is 14.3 Å². The third-order valence-electron chi connectivity index (χ3n) is 3.02. The Bertz CT molecular complexity index is 702. The highest BCUT2D eigenvalue weighted by Crippen LogP contribution is 2.23. The molecule has 2 heterocycles. The minimum Gasteiger partial charge on any atom is -0.480 e. The number of carbonyl (C=O) groups is 1. The molecule has 96 valence electrons. The molecule has 0 fully saturated rings. The van der Waals surface area contributed by atoms with Gasteiger partial charge in [-0.25, -0.2) is 4.79 Å². The van der Waals surface area contributed by atoms with Crippen molar-refractivity contribution in [3.63, 3.8) is 0 Å². The zero-order valence-corrected chi connectivity index (χ0v) is 10.9. The van der Waals surface area contributed by atoms with Gasteiger partial charge in [0.1, 0.15) is 16.7 Å². The first-order chi connectivity index (χ1) is 8.36. The fourth-order valence-electron chi connectivity index (χ4n) is 1.93. The van der Waals surface area contributed by atoms with Gasteiger partial charge in [-0.05, 0) is 19.4 Å². The second-order valence-electron chi connectivity index (χ2n) is 4.13. The van der Waals surface area contributed by atoms with Crippen LogP contribution in [-0.2, 0) is 11.8 Å². The molecule has 2 aromatic rings. The third kappa shape index (κ3) is 1.60. The lowest BCUT2D eigenvalue weighted by atomic mass is 10.2. The van der Waals surface area contributed by atoms with Crippen LogP contribution in [0.4, 0.5) is 0 Å². The third-order valence-corrected chi connectivity index (χ3v) is 3.47. The van der Waals surface area contributed by atoms with Gasteiger partial charge in [0.15, 0.2) is 0 Å². The van der Waals surface area contributed by atoms with E-state index in [0.29, 0.717) is 16.6 Å². The van der Waals surface area contributed by atoms with Gasteiger partial charge in [0.05, 0.1) is 6.20 Å². The van der Waals surface area contributed by atoms with E-state index in [4.69, 9.17) is 16.7 Å². The molecule has 0 saturated carbocycles. The predicted molar refractivity (Wildman–Crippen MR) is 67.1 cm³/mol. The average molecular weight is 270 g/mol. The van der Waals surface area contributed by atoms with Gasteiger partial charge in [-0.3, -0.25) is 14.0 Å². The second kappa shape index (κ2) is 4.13. The molecule has 7 heteroatoms. The zero-order chi connectivity index (χ0) is 13.6. The van der Waals surface area contributed by atoms with Crippen molar-refractivity contribution in [1.29, 1.82) is 0 Å². The van der Waals surface area contributed by atoms with Crippen molar-refractivity contribution in [2.45, 2.75) is 19.9 Å². The Morgan fingerprint density at radius 1 is 1.56 bits per heavy atom. The Morgan fingerprint density at radius 3 is 2.72 bits per heavy atom. The maximum atomic E-state index is 12.1. The van der Waals surface area contributed by atoms with Crippen molar-refractivity contribution < 1.29 is 9.90 Å². The van der Waals surface area contributed by atoms with Crippen LogP contribution >= 0.6 is 11.6 Å². The number of aliphatic carboxylic acids is 1. The molecule has 0 radical (unpaired) electrons. The van der Waals surface area contributed by atoms with Crippen LogP contribution in [0.1, 0.15) is 18.5 Å². The number of rotatable bonds is 2. The number of fused-ring (bicyclic) bond motifs is 1. The molecule has 18 heavy (non-hydrogen) atoms. The number of carboxylic acids is 1. The first-order valence-corrected chi connectivity index (χ1v) is 5.69. The predicted octanol–water partition coefficient (Wildman–Crippen LogP) is 1.34. The van der Waals surface area contributed by atoms with Crippen LogP contribution in [0.15, 0.2) is 11.0 Å². The van der Waals surface area contributed by atoms with E-state index in [1.807, 2.05) is 0 Å². The Hall–Kier alpha value is -1.82. The van der Waals surface area contributed by atoms with E-state index in [1.54, 1.807) is 20.2 Å². The van der Waals surface area contributed by atoms with Crippen LogP contribution in [0, 0.1) is 6.92 Å². The summed E-state index contributed by atoms with van der Waals surface area (Å²) in [6.07, 6.45) is 1.57. The lowest BCUT2D eigenvalue weighted by Gasteiger charge is -2.15. The molecule has 0 aliphatic carbocycles. The molecule has 1 unspecified atom stereocenters. The maximum Gasteiger partial charge on any atom is 0.326 e. The number of hydrogen-bond acceptors (Lipinski definition) is 3. The lowest BCUT2D eigenvalue weighted by molar-refractivity contribution is -0.140. The molecule has 0 saturated heterocycles. The number of aryl methyl sites for hydroxylation is 2. The fraction of sp³-hybridized carbons (Fsp3) is 0.364. The van der Waals surface area contributed by atoms with Gasteiger partial charge >= 0.3 is 5.97 Å². The molecule has 1 N–H and O–H groups in total. The largest absolute Gasteiger partial charge is 0.480 e. The van der Waals surface area contributed by atoms with Gasteiger partial charge in [0.2, 0.25) is 0 Å². The van der Waals surface area contributed by atoms with E-state index in [9.17, 15) is 9.59 Å². The number of aromatic nitrogens is 3. The molecular formula is C11H12ClN3O3. The number of halogens is 1. The van der Waals surface area contributed by atoms with Gasteiger partial charge in [0.25, 0.3) is 5.56 Å². The van der Waals surface area contributed by atoms with Crippen molar-refractivity contribution in [3.05, 3.63) is 27.1 Å². The average Bonchev–Trinajstić information content (AvgIpc) is 2.69. The van der Waals surface area contributed by atoms with Gasteiger partial charge < -0.3 is 5.11 Å². The van der Waals surface area contributed by atoms with Crippen LogP contribution < -0.4 is 5.56 Å². The van der Waals surface area contributed by atoms with Crippen LogP contribution in [0.25, 0.3) is 11.0 Å². The number of pyridine rings is 1. The molecule has 0 amide bonds. The van der Waals surface area contributed by atoms with E-state index < -0.39 is 17.6 Å². The fourth-order valence-corrected chi connectivity index (χ4v) is 2.12. The van der Waals surface area contributed by atoms with Crippen LogP contribution in [0.3, 0.4) is 0 Å². The van der Waals surface area contributed by atoms with E-state index in [1.165, 1.54) is 11.6 Å². The first-order valence-electron chi connectivity index (χ1n) is 5.31. The summed E-state index contributed by atoms with van der Waals surface area (Å²) in [4.78, 5) is 23.2. The molecule has 0 aliphatic heterocycles. The summed E-state index contributed by atoms with van der Waals surface area (Å²) in [7, 11) is 1.65. The summed E-state index contributed by atoms with van der Waals surface area (Å²) in [5.41, 5.74) is 0.551. The normalized spacial score (nSPS) is 12.9. The number of hydrogen-bond donors (Lipinski definition) is 1. The summed E-state index contributed by atoms with van der Waals surface area (Å²) in [5.74, 6) is -1.10.